The maximum absolute atomic E-state index is 12.5. The van der Waals surface area contributed by atoms with E-state index in [1.807, 2.05) is 0 Å². The van der Waals surface area contributed by atoms with E-state index in [0.29, 0.717) is 17.1 Å². The lowest BCUT2D eigenvalue weighted by Crippen LogP contribution is -2.23. The van der Waals surface area contributed by atoms with Crippen molar-refractivity contribution in [3.63, 3.8) is 0 Å². The van der Waals surface area contributed by atoms with Gasteiger partial charge in [0, 0.05) is 5.56 Å². The molecule has 0 bridgehead atoms. The van der Waals surface area contributed by atoms with E-state index in [9.17, 15) is 13.2 Å². The molecule has 0 fully saturated rings. The molecular formula is C18H17N3O6S. The van der Waals surface area contributed by atoms with Gasteiger partial charge in [0.15, 0.2) is 0 Å². The van der Waals surface area contributed by atoms with Crippen molar-refractivity contribution in [2.75, 3.05) is 14.2 Å². The summed E-state index contributed by atoms with van der Waals surface area (Å²) in [5, 5.41) is 3.85. The van der Waals surface area contributed by atoms with Crippen molar-refractivity contribution >= 4 is 16.0 Å². The highest BCUT2D eigenvalue weighted by Crippen LogP contribution is 2.21. The van der Waals surface area contributed by atoms with E-state index in [2.05, 4.69) is 19.6 Å². The number of nitrogens with one attached hydrogen (secondary N) is 1. The quantitative estimate of drug-likeness (QED) is 0.595. The Hall–Kier alpha value is -3.24. The molecule has 10 heteroatoms. The summed E-state index contributed by atoms with van der Waals surface area (Å²) in [5.74, 6) is 0.401. The van der Waals surface area contributed by atoms with Crippen molar-refractivity contribution in [3.8, 4) is 17.1 Å². The van der Waals surface area contributed by atoms with Crippen molar-refractivity contribution in [3.05, 3.63) is 60.0 Å². The van der Waals surface area contributed by atoms with Crippen LogP contribution >= 0.6 is 0 Å². The predicted molar refractivity (Wildman–Crippen MR) is 98.1 cm³/mol. The van der Waals surface area contributed by atoms with Crippen LogP contribution in [-0.2, 0) is 21.3 Å². The molecular weight excluding hydrogens is 386 g/mol. The topological polar surface area (TPSA) is 121 Å². The van der Waals surface area contributed by atoms with Crippen LogP contribution < -0.4 is 9.46 Å². The van der Waals surface area contributed by atoms with E-state index in [4.69, 9.17) is 9.26 Å². The Kier molecular flexibility index (Phi) is 5.71. The fraction of sp³-hybridized carbons (Fsp3) is 0.167. The number of carbonyl (C=O) groups excluding carboxylic acids is 1. The number of aromatic nitrogens is 2. The summed E-state index contributed by atoms with van der Waals surface area (Å²) in [5.41, 5.74) is 0.798. The summed E-state index contributed by atoms with van der Waals surface area (Å²) in [4.78, 5) is 15.7. The highest BCUT2D eigenvalue weighted by molar-refractivity contribution is 7.89. The van der Waals surface area contributed by atoms with E-state index in [-0.39, 0.29) is 22.9 Å². The number of nitrogens with zero attached hydrogens (tertiary/aromatic N) is 2. The van der Waals surface area contributed by atoms with Gasteiger partial charge in [0.05, 0.1) is 31.2 Å². The Morgan fingerprint density at radius 3 is 2.68 bits per heavy atom. The third kappa shape index (κ3) is 4.35. The van der Waals surface area contributed by atoms with E-state index in [1.54, 1.807) is 31.4 Å². The van der Waals surface area contributed by atoms with Crippen LogP contribution in [0.2, 0.25) is 0 Å². The summed E-state index contributed by atoms with van der Waals surface area (Å²) in [6, 6.07) is 12.6. The average molecular weight is 403 g/mol. The number of sulfonamides is 1. The first kappa shape index (κ1) is 19.5. The lowest BCUT2D eigenvalue weighted by Gasteiger charge is -2.06. The maximum atomic E-state index is 12.5. The fourth-order valence-corrected chi connectivity index (χ4v) is 3.37. The van der Waals surface area contributed by atoms with Gasteiger partial charge in [-0.1, -0.05) is 23.4 Å². The zero-order chi connectivity index (χ0) is 20.1. The number of rotatable bonds is 7. The largest absolute Gasteiger partial charge is 0.497 e. The lowest BCUT2D eigenvalue weighted by molar-refractivity contribution is 0.0600. The van der Waals surface area contributed by atoms with Gasteiger partial charge in [-0.15, -0.1) is 0 Å². The zero-order valence-electron chi connectivity index (χ0n) is 15.1. The monoisotopic (exact) mass is 403 g/mol. The lowest BCUT2D eigenvalue weighted by atomic mass is 10.2. The summed E-state index contributed by atoms with van der Waals surface area (Å²) < 4.78 is 42.1. The molecule has 0 aliphatic heterocycles. The van der Waals surface area contributed by atoms with Gasteiger partial charge in [0.2, 0.25) is 21.7 Å². The van der Waals surface area contributed by atoms with Gasteiger partial charge in [-0.25, -0.2) is 17.9 Å². The molecule has 1 N–H and O–H groups in total. The second kappa shape index (κ2) is 8.19. The van der Waals surface area contributed by atoms with Crippen LogP contribution in [0.15, 0.2) is 57.9 Å². The molecule has 3 aromatic rings. The second-order valence-corrected chi connectivity index (χ2v) is 7.35. The smallest absolute Gasteiger partial charge is 0.337 e. The van der Waals surface area contributed by atoms with Crippen LogP contribution in [0.4, 0.5) is 0 Å². The van der Waals surface area contributed by atoms with Gasteiger partial charge in [0.1, 0.15) is 5.75 Å². The third-order valence-corrected chi connectivity index (χ3v) is 5.17. The first-order valence-corrected chi connectivity index (χ1v) is 9.56. The van der Waals surface area contributed by atoms with Gasteiger partial charge >= 0.3 is 5.97 Å². The SMILES string of the molecule is COC(=O)c1cccc(S(=O)(=O)NCc2nc(-c3cccc(OC)c3)no2)c1. The van der Waals surface area contributed by atoms with Crippen LogP contribution in [0.1, 0.15) is 16.2 Å². The standard InChI is InChI=1S/C18H17N3O6S/c1-25-14-7-3-5-12(9-14)17-20-16(27-21-17)11-19-28(23,24)15-8-4-6-13(10-15)18(22)26-2/h3-10,19H,11H2,1-2H3. The first-order chi connectivity index (χ1) is 13.4. The van der Waals surface area contributed by atoms with Gasteiger partial charge in [-0.05, 0) is 30.3 Å². The van der Waals surface area contributed by atoms with Crippen LogP contribution in [0.25, 0.3) is 11.4 Å². The second-order valence-electron chi connectivity index (χ2n) is 5.59. The molecule has 0 saturated carbocycles. The minimum Gasteiger partial charge on any atom is -0.497 e. The summed E-state index contributed by atoms with van der Waals surface area (Å²) in [6.45, 7) is -0.207. The molecule has 0 aliphatic carbocycles. The Labute approximate surface area is 161 Å². The molecule has 0 saturated heterocycles. The molecule has 1 heterocycles. The summed E-state index contributed by atoms with van der Waals surface area (Å²) in [7, 11) is -1.13. The normalized spacial score (nSPS) is 11.2. The van der Waals surface area contributed by atoms with Crippen LogP contribution in [0.3, 0.4) is 0 Å². The molecule has 0 unspecified atom stereocenters. The summed E-state index contributed by atoms with van der Waals surface area (Å²) in [6.07, 6.45) is 0. The number of methoxy groups -OCH3 is 2. The van der Waals surface area contributed by atoms with Gasteiger partial charge in [-0.2, -0.15) is 4.98 Å². The molecule has 0 spiro atoms. The number of hydrogen-bond donors (Lipinski definition) is 1. The first-order valence-electron chi connectivity index (χ1n) is 8.08. The zero-order valence-corrected chi connectivity index (χ0v) is 15.9. The number of esters is 1. The molecule has 0 amide bonds. The van der Waals surface area contributed by atoms with Crippen molar-refractivity contribution in [2.45, 2.75) is 11.4 Å². The Bertz CT molecular complexity index is 1090. The highest BCUT2D eigenvalue weighted by Gasteiger charge is 2.18. The number of hydrogen-bond acceptors (Lipinski definition) is 8. The fourth-order valence-electron chi connectivity index (χ4n) is 2.35. The Balaban J connectivity index is 1.73. The Morgan fingerprint density at radius 2 is 1.93 bits per heavy atom. The number of benzene rings is 2. The predicted octanol–water partition coefficient (Wildman–Crippen LogP) is 2.01. The minimum atomic E-state index is -3.89. The number of carbonyl (C=O) groups is 1. The highest BCUT2D eigenvalue weighted by atomic mass is 32.2. The molecule has 146 valence electrons. The van der Waals surface area contributed by atoms with Gasteiger partial charge in [0.25, 0.3) is 0 Å². The van der Waals surface area contributed by atoms with E-state index < -0.39 is 16.0 Å². The van der Waals surface area contributed by atoms with Crippen molar-refractivity contribution in [2.24, 2.45) is 0 Å². The average Bonchev–Trinajstić information content (AvgIpc) is 3.21. The molecule has 28 heavy (non-hydrogen) atoms. The molecule has 3 rings (SSSR count). The molecule has 0 aliphatic rings. The molecule has 2 aromatic carbocycles. The summed E-state index contributed by atoms with van der Waals surface area (Å²) >= 11 is 0. The minimum absolute atomic E-state index is 0.0806. The van der Waals surface area contributed by atoms with E-state index >= 15 is 0 Å². The van der Waals surface area contributed by atoms with E-state index in [1.165, 1.54) is 31.4 Å². The Morgan fingerprint density at radius 1 is 1.14 bits per heavy atom. The van der Waals surface area contributed by atoms with E-state index in [0.717, 1.165) is 0 Å². The molecule has 1 aromatic heterocycles. The van der Waals surface area contributed by atoms with Crippen molar-refractivity contribution in [1.82, 2.24) is 14.9 Å². The maximum Gasteiger partial charge on any atom is 0.337 e. The third-order valence-electron chi connectivity index (χ3n) is 3.77. The van der Waals surface area contributed by atoms with Crippen molar-refractivity contribution in [1.29, 1.82) is 0 Å². The number of ether oxygens (including phenoxy) is 2. The van der Waals surface area contributed by atoms with Crippen LogP contribution in [0, 0.1) is 0 Å². The molecule has 0 atom stereocenters. The van der Waals surface area contributed by atoms with Gasteiger partial charge in [-0.3, -0.25) is 0 Å². The molecule has 0 radical (unpaired) electrons. The van der Waals surface area contributed by atoms with Crippen LogP contribution in [-0.4, -0.2) is 38.7 Å². The van der Waals surface area contributed by atoms with Crippen LogP contribution in [0.5, 0.6) is 5.75 Å². The van der Waals surface area contributed by atoms with Crippen molar-refractivity contribution < 1.29 is 27.2 Å². The molecule has 9 nitrogen and oxygen atoms in total. The van der Waals surface area contributed by atoms with Gasteiger partial charge < -0.3 is 14.0 Å².